The highest BCUT2D eigenvalue weighted by Gasteiger charge is 2.29. The lowest BCUT2D eigenvalue weighted by molar-refractivity contribution is 0.668. The van der Waals surface area contributed by atoms with Crippen LogP contribution in [-0.2, 0) is 0 Å². The zero-order chi connectivity index (χ0) is 36.6. The second kappa shape index (κ2) is 14.0. The van der Waals surface area contributed by atoms with Crippen LogP contribution >= 0.6 is 0 Å². The molecule has 1 N–H and O–H groups in total. The predicted octanol–water partition coefficient (Wildman–Crippen LogP) is 13.7. The maximum Gasteiger partial charge on any atom is 0.146 e. The molecular formula is C49H43N3O. The number of fused-ring (bicyclic) bond motifs is 3. The molecule has 0 saturated carbocycles. The van der Waals surface area contributed by atoms with Crippen molar-refractivity contribution in [3.63, 3.8) is 0 Å². The minimum atomic E-state index is 0.195. The number of nitrogens with one attached hydrogen (secondary N) is 1. The van der Waals surface area contributed by atoms with E-state index in [1.807, 2.05) is 36.7 Å². The first-order valence-corrected chi connectivity index (χ1v) is 18.4. The summed E-state index contributed by atoms with van der Waals surface area (Å²) in [7, 11) is 0. The first-order chi connectivity index (χ1) is 25.8. The average Bonchev–Trinajstić information content (AvgIpc) is 3.57. The number of hydrogen-bond donors (Lipinski definition) is 1. The van der Waals surface area contributed by atoms with Crippen LogP contribution in [0.2, 0.25) is 0 Å². The van der Waals surface area contributed by atoms with Gasteiger partial charge in [0, 0.05) is 17.0 Å². The zero-order valence-electron chi connectivity index (χ0n) is 30.9. The molecule has 0 aliphatic rings. The fourth-order valence-electron chi connectivity index (χ4n) is 7.43. The van der Waals surface area contributed by atoms with E-state index in [4.69, 9.17) is 4.42 Å². The Labute approximate surface area is 311 Å². The number of aromatic nitrogens is 1. The van der Waals surface area contributed by atoms with Crippen LogP contribution in [0.4, 0.5) is 11.4 Å². The number of rotatable bonds is 8. The SMILES string of the molecule is Cc1ccncc1N(C(=N)c1cccc2c1oc1cc(-c3ccc(-c4ccccc4)cc3)ccc12)c1c(C(C)C)cc(-c2ccccc2)cc1C(C)C. The molecule has 53 heavy (non-hydrogen) atoms. The lowest BCUT2D eigenvalue weighted by atomic mass is 9.87. The van der Waals surface area contributed by atoms with E-state index in [0.29, 0.717) is 11.4 Å². The summed E-state index contributed by atoms with van der Waals surface area (Å²) in [6.07, 6.45) is 3.70. The number of para-hydroxylation sites is 1. The molecule has 6 aromatic carbocycles. The van der Waals surface area contributed by atoms with Crippen molar-refractivity contribution in [2.75, 3.05) is 4.90 Å². The number of hydrogen-bond acceptors (Lipinski definition) is 3. The number of amidine groups is 1. The third-order valence-corrected chi connectivity index (χ3v) is 10.3. The molecule has 2 heterocycles. The van der Waals surface area contributed by atoms with Gasteiger partial charge in [-0.05, 0) is 105 Å². The summed E-state index contributed by atoms with van der Waals surface area (Å²) < 4.78 is 6.76. The van der Waals surface area contributed by atoms with Gasteiger partial charge in [-0.25, -0.2) is 0 Å². The van der Waals surface area contributed by atoms with Gasteiger partial charge in [-0.15, -0.1) is 0 Å². The van der Waals surface area contributed by atoms with Crippen LogP contribution in [0.5, 0.6) is 0 Å². The molecule has 260 valence electrons. The summed E-state index contributed by atoms with van der Waals surface area (Å²) in [5.41, 5.74) is 14.5. The Balaban J connectivity index is 1.27. The van der Waals surface area contributed by atoms with Gasteiger partial charge in [-0.1, -0.05) is 131 Å². The Bertz CT molecular complexity index is 2550. The monoisotopic (exact) mass is 689 g/mol. The van der Waals surface area contributed by atoms with Crippen molar-refractivity contribution in [3.05, 3.63) is 174 Å². The summed E-state index contributed by atoms with van der Waals surface area (Å²) in [5, 5.41) is 12.1. The normalized spacial score (nSPS) is 11.5. The minimum absolute atomic E-state index is 0.195. The summed E-state index contributed by atoms with van der Waals surface area (Å²) in [6.45, 7) is 11.0. The van der Waals surface area contributed by atoms with E-state index >= 15 is 0 Å². The van der Waals surface area contributed by atoms with Crippen molar-refractivity contribution < 1.29 is 4.42 Å². The number of furan rings is 1. The van der Waals surface area contributed by atoms with Crippen molar-refractivity contribution in [2.24, 2.45) is 0 Å². The second-order valence-electron chi connectivity index (χ2n) is 14.5. The maximum absolute atomic E-state index is 10.1. The first kappa shape index (κ1) is 33.9. The highest BCUT2D eigenvalue weighted by Crippen LogP contribution is 2.44. The van der Waals surface area contributed by atoms with Gasteiger partial charge in [0.25, 0.3) is 0 Å². The molecule has 0 bridgehead atoms. The Morgan fingerprint density at radius 3 is 1.75 bits per heavy atom. The van der Waals surface area contributed by atoms with Crippen molar-refractivity contribution in [1.82, 2.24) is 4.98 Å². The maximum atomic E-state index is 10.1. The molecule has 0 aliphatic carbocycles. The van der Waals surface area contributed by atoms with Crippen LogP contribution < -0.4 is 4.90 Å². The van der Waals surface area contributed by atoms with Gasteiger partial charge in [-0.2, -0.15) is 0 Å². The Morgan fingerprint density at radius 1 is 0.585 bits per heavy atom. The number of anilines is 2. The van der Waals surface area contributed by atoms with Crippen molar-refractivity contribution in [2.45, 2.75) is 46.5 Å². The number of nitrogens with zero attached hydrogens (tertiary/aromatic N) is 2. The van der Waals surface area contributed by atoms with Crippen LogP contribution in [0, 0.1) is 12.3 Å². The van der Waals surface area contributed by atoms with Crippen molar-refractivity contribution in [1.29, 1.82) is 5.41 Å². The number of benzene rings is 6. The van der Waals surface area contributed by atoms with Crippen LogP contribution in [-0.4, -0.2) is 10.8 Å². The number of aryl methyl sites for hydroxylation is 1. The molecular weight excluding hydrogens is 647 g/mol. The average molecular weight is 690 g/mol. The van der Waals surface area contributed by atoms with E-state index < -0.39 is 0 Å². The lowest BCUT2D eigenvalue weighted by Crippen LogP contribution is -2.29. The van der Waals surface area contributed by atoms with Crippen LogP contribution in [0.3, 0.4) is 0 Å². The summed E-state index contributed by atoms with van der Waals surface area (Å²) in [4.78, 5) is 6.69. The molecule has 0 unspecified atom stereocenters. The molecule has 8 rings (SSSR count). The number of pyridine rings is 1. The molecule has 0 atom stereocenters. The standard InChI is InChI=1S/C49H43N3O/c1-31(2)43-27-39(35-15-10-7-11-16-35)28-44(32(3)4)47(43)52(45-30-51-26-25-33(45)5)49(50)42-18-12-17-41-40-24-23-38(29-46(40)53-48(41)42)37-21-19-36(20-22-37)34-13-8-6-9-14-34/h6-32,50H,1-5H3. The summed E-state index contributed by atoms with van der Waals surface area (Å²) in [6, 6.07) is 48.9. The van der Waals surface area contributed by atoms with Crippen LogP contribution in [0.1, 0.15) is 61.8 Å². The van der Waals surface area contributed by atoms with E-state index in [0.717, 1.165) is 50.0 Å². The van der Waals surface area contributed by atoms with Gasteiger partial charge in [-0.3, -0.25) is 15.3 Å². The molecule has 0 aliphatic heterocycles. The highest BCUT2D eigenvalue weighted by molar-refractivity contribution is 6.21. The van der Waals surface area contributed by atoms with E-state index in [1.165, 1.54) is 33.4 Å². The van der Waals surface area contributed by atoms with Crippen molar-refractivity contribution >= 4 is 39.1 Å². The van der Waals surface area contributed by atoms with E-state index in [-0.39, 0.29) is 11.8 Å². The van der Waals surface area contributed by atoms with E-state index in [9.17, 15) is 5.41 Å². The smallest absolute Gasteiger partial charge is 0.146 e. The highest BCUT2D eigenvalue weighted by atomic mass is 16.3. The Morgan fingerprint density at radius 2 is 1.15 bits per heavy atom. The topological polar surface area (TPSA) is 53.1 Å². The molecule has 0 fully saturated rings. The summed E-state index contributed by atoms with van der Waals surface area (Å²) in [5.74, 6) is 0.736. The van der Waals surface area contributed by atoms with Gasteiger partial charge >= 0.3 is 0 Å². The molecule has 0 spiro atoms. The van der Waals surface area contributed by atoms with Crippen LogP contribution in [0.25, 0.3) is 55.3 Å². The molecule has 0 radical (unpaired) electrons. The first-order valence-electron chi connectivity index (χ1n) is 18.4. The largest absolute Gasteiger partial charge is 0.455 e. The van der Waals surface area contributed by atoms with Crippen molar-refractivity contribution in [3.8, 4) is 33.4 Å². The Hall–Kier alpha value is -6.26. The van der Waals surface area contributed by atoms with E-state index in [1.54, 1.807) is 0 Å². The Kier molecular flexibility index (Phi) is 8.97. The zero-order valence-corrected chi connectivity index (χ0v) is 30.9. The van der Waals surface area contributed by atoms with Gasteiger partial charge in [0.1, 0.15) is 17.0 Å². The van der Waals surface area contributed by atoms with E-state index in [2.05, 4.69) is 160 Å². The lowest BCUT2D eigenvalue weighted by Gasteiger charge is -2.33. The van der Waals surface area contributed by atoms with Gasteiger partial charge in [0.05, 0.1) is 23.1 Å². The molecule has 0 saturated heterocycles. The quantitative estimate of drug-likeness (QED) is 0.128. The van der Waals surface area contributed by atoms with Gasteiger partial charge in [0.15, 0.2) is 0 Å². The third kappa shape index (κ3) is 6.31. The summed E-state index contributed by atoms with van der Waals surface area (Å²) >= 11 is 0. The molecule has 0 amide bonds. The fourth-order valence-corrected chi connectivity index (χ4v) is 7.43. The molecule has 4 nitrogen and oxygen atoms in total. The van der Waals surface area contributed by atoms with Gasteiger partial charge < -0.3 is 4.42 Å². The van der Waals surface area contributed by atoms with Gasteiger partial charge in [0.2, 0.25) is 0 Å². The van der Waals surface area contributed by atoms with Crippen LogP contribution in [0.15, 0.2) is 156 Å². The third-order valence-electron chi connectivity index (χ3n) is 10.3. The minimum Gasteiger partial charge on any atom is -0.455 e. The molecule has 4 heteroatoms. The molecule has 2 aromatic heterocycles. The predicted molar refractivity (Wildman–Crippen MR) is 223 cm³/mol. The fraction of sp³-hybridized carbons (Fsp3) is 0.143. The second-order valence-corrected chi connectivity index (χ2v) is 14.5. The molecule has 8 aromatic rings.